The molecule has 0 heterocycles. The summed E-state index contributed by atoms with van der Waals surface area (Å²) in [5.74, 6) is 0. The highest BCUT2D eigenvalue weighted by atomic mass is 28.4. The second-order valence-electron chi connectivity index (χ2n) is 4.90. The maximum atomic E-state index is 2.91. The first kappa shape index (κ1) is 15.4. The highest BCUT2D eigenvalue weighted by Crippen LogP contribution is 2.28. The topological polar surface area (TPSA) is 3.24 Å². The molecular weight excluding hydrogens is 214 g/mol. The maximum Gasteiger partial charge on any atom is 0.121 e. The van der Waals surface area contributed by atoms with Crippen molar-refractivity contribution >= 4 is 18.6 Å². The van der Waals surface area contributed by atoms with Gasteiger partial charge in [-0.25, -0.2) is 0 Å². The van der Waals surface area contributed by atoms with Crippen LogP contribution in [0.3, 0.4) is 0 Å². The molecule has 0 unspecified atom stereocenters. The molecule has 0 rings (SSSR count). The number of hydrogen-bond acceptors (Lipinski definition) is 1. The third-order valence-electron chi connectivity index (χ3n) is 3.51. The Morgan fingerprint density at radius 3 is 1.47 bits per heavy atom. The van der Waals surface area contributed by atoms with Crippen LogP contribution in [0.25, 0.3) is 0 Å². The standard InChI is InChI=1S/C12H31NSi2/c1-5-9-13(14)15(10-6-2,11-7-3)12-8-4/h5-12H2,1-4,14H3. The van der Waals surface area contributed by atoms with Crippen molar-refractivity contribution in [2.45, 2.75) is 71.5 Å². The fourth-order valence-corrected chi connectivity index (χ4v) is 10.8. The SMILES string of the molecule is CCCN([SiH3])[Si](CCC)(CCC)CCC. The molecule has 0 fully saturated rings. The predicted octanol–water partition coefficient (Wildman–Crippen LogP) is 3.15. The molecule has 0 aromatic heterocycles. The van der Waals surface area contributed by atoms with Crippen LogP contribution in [0.1, 0.15) is 53.4 Å². The van der Waals surface area contributed by atoms with Gasteiger partial charge in [-0.1, -0.05) is 47.0 Å². The van der Waals surface area contributed by atoms with Crippen molar-refractivity contribution in [2.75, 3.05) is 6.54 Å². The van der Waals surface area contributed by atoms with E-state index >= 15 is 0 Å². The smallest absolute Gasteiger partial charge is 0.121 e. The molecule has 0 aliphatic rings. The van der Waals surface area contributed by atoms with Crippen molar-refractivity contribution in [3.63, 3.8) is 0 Å². The van der Waals surface area contributed by atoms with Gasteiger partial charge in [-0.05, 0) is 31.1 Å². The predicted molar refractivity (Wildman–Crippen MR) is 78.0 cm³/mol. The van der Waals surface area contributed by atoms with Crippen LogP contribution in [0.2, 0.25) is 18.1 Å². The van der Waals surface area contributed by atoms with Gasteiger partial charge in [0, 0.05) is 0 Å². The summed E-state index contributed by atoms with van der Waals surface area (Å²) in [6.07, 6.45) is 5.54. The zero-order valence-corrected chi connectivity index (χ0v) is 14.6. The van der Waals surface area contributed by atoms with Crippen LogP contribution in [-0.4, -0.2) is 29.4 Å². The van der Waals surface area contributed by atoms with Crippen molar-refractivity contribution in [2.24, 2.45) is 0 Å². The zero-order chi connectivity index (χ0) is 11.7. The fraction of sp³-hybridized carbons (Fsp3) is 1.00. The minimum atomic E-state index is -1.02. The Hall–Kier alpha value is 0.394. The van der Waals surface area contributed by atoms with E-state index in [2.05, 4.69) is 31.9 Å². The van der Waals surface area contributed by atoms with Crippen molar-refractivity contribution in [3.05, 3.63) is 0 Å². The van der Waals surface area contributed by atoms with E-state index in [1.807, 2.05) is 0 Å². The lowest BCUT2D eigenvalue weighted by Gasteiger charge is -2.40. The first-order chi connectivity index (χ1) is 7.16. The third-order valence-corrected chi connectivity index (χ3v) is 12.9. The molecule has 3 heteroatoms. The van der Waals surface area contributed by atoms with Crippen LogP contribution >= 0.6 is 0 Å². The second-order valence-corrected chi connectivity index (χ2v) is 11.6. The molecule has 0 aliphatic carbocycles. The van der Waals surface area contributed by atoms with Gasteiger partial charge < -0.3 is 4.23 Å². The first-order valence-corrected chi connectivity index (χ1v) is 10.3. The minimum absolute atomic E-state index is 1.02. The van der Waals surface area contributed by atoms with Crippen molar-refractivity contribution in [1.82, 2.24) is 4.23 Å². The van der Waals surface area contributed by atoms with Crippen LogP contribution in [-0.2, 0) is 0 Å². The third kappa shape index (κ3) is 4.83. The van der Waals surface area contributed by atoms with Crippen LogP contribution < -0.4 is 0 Å². The molecule has 15 heavy (non-hydrogen) atoms. The maximum absolute atomic E-state index is 2.91. The van der Waals surface area contributed by atoms with Crippen LogP contribution in [0.5, 0.6) is 0 Å². The highest BCUT2D eigenvalue weighted by molar-refractivity contribution is 6.80. The van der Waals surface area contributed by atoms with Gasteiger partial charge in [0.1, 0.15) is 8.24 Å². The summed E-state index contributed by atoms with van der Waals surface area (Å²) < 4.78 is 2.91. The van der Waals surface area contributed by atoms with Gasteiger partial charge in [-0.3, -0.25) is 0 Å². The minimum Gasteiger partial charge on any atom is -0.353 e. The van der Waals surface area contributed by atoms with E-state index in [1.54, 1.807) is 0 Å². The lowest BCUT2D eigenvalue weighted by molar-refractivity contribution is 0.604. The average Bonchev–Trinajstić information content (AvgIpc) is 2.19. The van der Waals surface area contributed by atoms with E-state index in [0.717, 1.165) is 0 Å². The molecule has 0 spiro atoms. The van der Waals surface area contributed by atoms with Crippen LogP contribution in [0, 0.1) is 0 Å². The number of nitrogens with zero attached hydrogens (tertiary/aromatic N) is 1. The summed E-state index contributed by atoms with van der Waals surface area (Å²) >= 11 is 0. The van der Waals surface area contributed by atoms with Gasteiger partial charge in [0.2, 0.25) is 0 Å². The van der Waals surface area contributed by atoms with E-state index in [-0.39, 0.29) is 0 Å². The normalized spacial score (nSPS) is 12.6. The van der Waals surface area contributed by atoms with Gasteiger partial charge in [-0.2, -0.15) is 0 Å². The molecule has 92 valence electrons. The Labute approximate surface area is 101 Å². The summed E-state index contributed by atoms with van der Waals surface area (Å²) in [6, 6.07) is 4.62. The number of rotatable bonds is 9. The molecule has 0 amide bonds. The van der Waals surface area contributed by atoms with Gasteiger partial charge in [-0.15, -0.1) is 0 Å². The van der Waals surface area contributed by atoms with E-state index in [4.69, 9.17) is 0 Å². The molecule has 0 bridgehead atoms. The van der Waals surface area contributed by atoms with E-state index < -0.39 is 8.24 Å². The average molecular weight is 246 g/mol. The van der Waals surface area contributed by atoms with Crippen LogP contribution in [0.4, 0.5) is 0 Å². The fourth-order valence-electron chi connectivity index (χ4n) is 2.92. The number of hydrogen-bond donors (Lipinski definition) is 0. The van der Waals surface area contributed by atoms with Gasteiger partial charge >= 0.3 is 0 Å². The Bertz CT molecular complexity index is 134. The molecule has 0 radical (unpaired) electrons. The second kappa shape index (κ2) is 8.53. The van der Waals surface area contributed by atoms with Crippen molar-refractivity contribution in [1.29, 1.82) is 0 Å². The molecule has 0 atom stereocenters. The van der Waals surface area contributed by atoms with Crippen molar-refractivity contribution < 1.29 is 0 Å². The van der Waals surface area contributed by atoms with Gasteiger partial charge in [0.05, 0.1) is 10.4 Å². The summed E-state index contributed by atoms with van der Waals surface area (Å²) in [5, 5.41) is 0. The summed E-state index contributed by atoms with van der Waals surface area (Å²) in [5.41, 5.74) is 0. The molecule has 0 saturated heterocycles. The van der Waals surface area contributed by atoms with E-state index in [0.29, 0.717) is 0 Å². The molecule has 0 aromatic carbocycles. The summed E-state index contributed by atoms with van der Waals surface area (Å²) in [6.45, 7) is 10.8. The molecule has 0 aliphatic heterocycles. The largest absolute Gasteiger partial charge is 0.353 e. The highest BCUT2D eigenvalue weighted by Gasteiger charge is 2.33. The molecular formula is C12H31NSi2. The Morgan fingerprint density at radius 1 is 0.800 bits per heavy atom. The molecule has 0 aromatic rings. The Balaban J connectivity index is 4.57. The zero-order valence-electron chi connectivity index (χ0n) is 11.6. The monoisotopic (exact) mass is 245 g/mol. The Kier molecular flexibility index (Phi) is 8.76. The first-order valence-electron chi connectivity index (χ1n) is 6.88. The summed E-state index contributed by atoms with van der Waals surface area (Å²) in [4.78, 5) is 0. The Morgan fingerprint density at radius 2 is 1.20 bits per heavy atom. The lowest BCUT2D eigenvalue weighted by atomic mass is 10.5. The summed E-state index contributed by atoms with van der Waals surface area (Å²) in [7, 11) is 0.269. The van der Waals surface area contributed by atoms with Gasteiger partial charge in [0.15, 0.2) is 0 Å². The molecule has 0 N–H and O–H groups in total. The van der Waals surface area contributed by atoms with Crippen molar-refractivity contribution in [3.8, 4) is 0 Å². The van der Waals surface area contributed by atoms with E-state index in [1.165, 1.54) is 60.8 Å². The van der Waals surface area contributed by atoms with E-state index in [9.17, 15) is 0 Å². The van der Waals surface area contributed by atoms with Gasteiger partial charge in [0.25, 0.3) is 0 Å². The lowest BCUT2D eigenvalue weighted by Crippen LogP contribution is -2.52. The molecule has 0 saturated carbocycles. The van der Waals surface area contributed by atoms with Crippen LogP contribution in [0.15, 0.2) is 0 Å². The molecule has 1 nitrogen and oxygen atoms in total. The quantitative estimate of drug-likeness (QED) is 0.564.